The van der Waals surface area contributed by atoms with Crippen LogP contribution in [0.1, 0.15) is 25.8 Å². The first-order valence-electron chi connectivity index (χ1n) is 13.8. The minimum atomic E-state index is -0.598. The zero-order chi connectivity index (χ0) is 29.3. The number of aliphatic imine (C=N–C) groups is 1. The van der Waals surface area contributed by atoms with Gasteiger partial charge < -0.3 is 37.4 Å². The Labute approximate surface area is 238 Å². The number of amides is 2. The molecule has 2 aliphatic heterocycles. The number of hydrogen-bond donors (Lipinski definition) is 6. The van der Waals surface area contributed by atoms with E-state index in [1.165, 1.54) is 11.8 Å². The van der Waals surface area contributed by atoms with E-state index in [0.29, 0.717) is 38.1 Å². The van der Waals surface area contributed by atoms with Crippen LogP contribution in [0.25, 0.3) is 0 Å². The second-order valence-electron chi connectivity index (χ2n) is 9.97. The number of carbonyl (C=O) groups excluding carboxylic acids is 2. The maximum atomic E-state index is 12.2. The zero-order valence-corrected chi connectivity index (χ0v) is 23.8. The predicted octanol–water partition coefficient (Wildman–Crippen LogP) is 0.393. The molecule has 2 fully saturated rings. The number of rotatable bonds is 10. The highest BCUT2D eigenvalue weighted by atomic mass is 16.3. The van der Waals surface area contributed by atoms with E-state index in [9.17, 15) is 9.90 Å². The van der Waals surface area contributed by atoms with Gasteiger partial charge in [0.15, 0.2) is 0 Å². The first-order valence-corrected chi connectivity index (χ1v) is 13.8. The van der Waals surface area contributed by atoms with Crippen molar-refractivity contribution >= 4 is 24.2 Å². The Bertz CT molecular complexity index is 1010. The summed E-state index contributed by atoms with van der Waals surface area (Å²) in [6.45, 7) is 12.1. The highest BCUT2D eigenvalue weighted by Crippen LogP contribution is 2.22. The SMILES string of the molecule is C=C=CN=C/C=C(\Nc1ccc(CC(CC)N2CC(C)[C@H](N)C2)cc1)N1CCNC(=O)C(CO)NCC1.NC=O. The van der Waals surface area contributed by atoms with Crippen molar-refractivity contribution in [2.24, 2.45) is 22.4 Å². The summed E-state index contributed by atoms with van der Waals surface area (Å²) in [5, 5.41) is 19.0. The molecule has 3 unspecified atom stereocenters. The van der Waals surface area contributed by atoms with E-state index >= 15 is 0 Å². The molecule has 0 aromatic heterocycles. The van der Waals surface area contributed by atoms with Gasteiger partial charge in [0.25, 0.3) is 0 Å². The molecule has 2 aliphatic rings. The van der Waals surface area contributed by atoms with Crippen LogP contribution in [-0.2, 0) is 16.0 Å². The van der Waals surface area contributed by atoms with Crippen LogP contribution in [0.5, 0.6) is 0 Å². The number of primary amides is 1. The molecule has 0 spiro atoms. The monoisotopic (exact) mass is 554 g/mol. The number of benzene rings is 1. The molecule has 0 radical (unpaired) electrons. The normalized spacial score (nSPS) is 23.1. The topological polar surface area (TPSA) is 161 Å². The van der Waals surface area contributed by atoms with E-state index in [-0.39, 0.29) is 25.0 Å². The Morgan fingerprint density at radius 1 is 1.30 bits per heavy atom. The van der Waals surface area contributed by atoms with E-state index in [1.54, 1.807) is 6.21 Å². The molecule has 2 heterocycles. The fourth-order valence-electron chi connectivity index (χ4n) is 4.84. The van der Waals surface area contributed by atoms with Crippen LogP contribution in [0.15, 0.2) is 59.7 Å². The Morgan fingerprint density at radius 3 is 2.60 bits per heavy atom. The number of hydrogen-bond acceptors (Lipinski definition) is 9. The fourth-order valence-corrected chi connectivity index (χ4v) is 4.84. The standard InChI is InChI=1S/C28H43N7O2.CH3NO/c1-4-11-30-12-10-27(34-15-13-31-26(20-36)28(37)32-14-16-34)33-23-8-6-22(7-9-23)17-24(5-2)35-18-21(3)25(29)19-35;2-1-3/h6-12,21,24-26,31,33,36H,1,5,13-20,29H2,2-3H3,(H,32,37);1H,(H2,2,3)/b27-10+,30-12?;/t21?,24?,25-,26?;/m1./s1. The van der Waals surface area contributed by atoms with Crippen LogP contribution in [0, 0.1) is 5.92 Å². The summed E-state index contributed by atoms with van der Waals surface area (Å²) < 4.78 is 0. The summed E-state index contributed by atoms with van der Waals surface area (Å²) in [5.74, 6) is 1.22. The van der Waals surface area contributed by atoms with Gasteiger partial charge in [0.1, 0.15) is 11.9 Å². The quantitative estimate of drug-likeness (QED) is 0.138. The molecule has 40 heavy (non-hydrogen) atoms. The van der Waals surface area contributed by atoms with Gasteiger partial charge in [0, 0.05) is 63.3 Å². The first kappa shape index (κ1) is 32.7. The first-order chi connectivity index (χ1) is 19.4. The number of anilines is 1. The van der Waals surface area contributed by atoms with Crippen LogP contribution in [-0.4, -0.2) is 97.4 Å². The average Bonchev–Trinajstić information content (AvgIpc) is 3.32. The van der Waals surface area contributed by atoms with Crippen molar-refractivity contribution in [3.8, 4) is 0 Å². The third-order valence-corrected chi connectivity index (χ3v) is 7.16. The molecule has 11 nitrogen and oxygen atoms in total. The number of likely N-dealkylation sites (tertiary alicyclic amines) is 1. The average molecular weight is 555 g/mol. The maximum Gasteiger partial charge on any atom is 0.239 e. The molecule has 3 rings (SSSR count). The van der Waals surface area contributed by atoms with Gasteiger partial charge in [-0.25, -0.2) is 0 Å². The van der Waals surface area contributed by atoms with Crippen molar-refractivity contribution in [2.75, 3.05) is 51.2 Å². The van der Waals surface area contributed by atoms with Crippen LogP contribution >= 0.6 is 0 Å². The van der Waals surface area contributed by atoms with Gasteiger partial charge >= 0.3 is 0 Å². The van der Waals surface area contributed by atoms with Crippen molar-refractivity contribution < 1.29 is 14.7 Å². The van der Waals surface area contributed by atoms with Crippen molar-refractivity contribution in [2.45, 2.75) is 44.8 Å². The van der Waals surface area contributed by atoms with Crippen molar-refractivity contribution in [1.82, 2.24) is 20.4 Å². The van der Waals surface area contributed by atoms with E-state index in [1.807, 2.05) is 6.08 Å². The minimum absolute atomic E-state index is 0.188. The Kier molecular flexibility index (Phi) is 14.7. The lowest BCUT2D eigenvalue weighted by Gasteiger charge is -2.28. The number of aliphatic hydroxyl groups is 1. The molecule has 0 saturated carbocycles. The van der Waals surface area contributed by atoms with Gasteiger partial charge in [-0.15, -0.1) is 5.73 Å². The molecule has 0 bridgehead atoms. The fraction of sp³-hybridized carbons (Fsp3) is 0.517. The maximum absolute atomic E-state index is 12.2. The summed E-state index contributed by atoms with van der Waals surface area (Å²) in [5.41, 5.74) is 15.3. The van der Waals surface area contributed by atoms with Gasteiger partial charge in [-0.2, -0.15) is 0 Å². The lowest BCUT2D eigenvalue weighted by atomic mass is 10.0. The number of aliphatic hydroxyl groups excluding tert-OH is 1. The van der Waals surface area contributed by atoms with E-state index in [2.05, 4.69) is 86.9 Å². The predicted molar refractivity (Wildman–Crippen MR) is 161 cm³/mol. The summed E-state index contributed by atoms with van der Waals surface area (Å²) in [4.78, 5) is 29.6. The summed E-state index contributed by atoms with van der Waals surface area (Å²) in [6, 6.07) is 8.74. The Balaban J connectivity index is 0.00000178. The van der Waals surface area contributed by atoms with Crippen LogP contribution in [0.2, 0.25) is 0 Å². The number of nitrogens with zero attached hydrogens (tertiary/aromatic N) is 3. The van der Waals surface area contributed by atoms with Crippen LogP contribution in [0.3, 0.4) is 0 Å². The lowest BCUT2D eigenvalue weighted by Crippen LogP contribution is -2.46. The highest BCUT2D eigenvalue weighted by Gasteiger charge is 2.30. The van der Waals surface area contributed by atoms with Crippen molar-refractivity contribution in [1.29, 1.82) is 0 Å². The number of nitrogens with two attached hydrogens (primary N) is 2. The van der Waals surface area contributed by atoms with Gasteiger partial charge in [-0.05, 0) is 42.5 Å². The molecule has 2 saturated heterocycles. The molecule has 220 valence electrons. The molecule has 1 aromatic carbocycles. The minimum Gasteiger partial charge on any atom is -0.394 e. The molecule has 1 aromatic rings. The number of nitrogens with one attached hydrogen (secondary N) is 3. The van der Waals surface area contributed by atoms with E-state index in [0.717, 1.165) is 37.4 Å². The molecule has 4 atom stereocenters. The molecule has 0 aliphatic carbocycles. The molecular formula is C29H46N8O3. The summed E-state index contributed by atoms with van der Waals surface area (Å²) in [6.07, 6.45) is 7.45. The van der Waals surface area contributed by atoms with Crippen molar-refractivity contribution in [3.63, 3.8) is 0 Å². The van der Waals surface area contributed by atoms with E-state index < -0.39 is 6.04 Å². The third-order valence-electron chi connectivity index (χ3n) is 7.16. The molecule has 11 heteroatoms. The van der Waals surface area contributed by atoms with E-state index in [4.69, 9.17) is 10.5 Å². The Hall–Kier alpha value is -3.47. The Morgan fingerprint density at radius 2 is 2.00 bits per heavy atom. The van der Waals surface area contributed by atoms with Gasteiger partial charge in [0.2, 0.25) is 12.3 Å². The summed E-state index contributed by atoms with van der Waals surface area (Å²) >= 11 is 0. The smallest absolute Gasteiger partial charge is 0.239 e. The van der Waals surface area contributed by atoms with Crippen LogP contribution in [0.4, 0.5) is 5.69 Å². The molecule has 8 N–H and O–H groups in total. The number of carbonyl (C=O) groups is 2. The second kappa shape index (κ2) is 18.0. The molecular weight excluding hydrogens is 508 g/mol. The third kappa shape index (κ3) is 10.6. The highest BCUT2D eigenvalue weighted by molar-refractivity contribution is 5.81. The largest absolute Gasteiger partial charge is 0.394 e. The van der Waals surface area contributed by atoms with Crippen molar-refractivity contribution in [3.05, 3.63) is 60.2 Å². The summed E-state index contributed by atoms with van der Waals surface area (Å²) in [7, 11) is 0. The van der Waals surface area contributed by atoms with Crippen LogP contribution < -0.4 is 27.4 Å². The lowest BCUT2D eigenvalue weighted by molar-refractivity contribution is -0.123. The molecule has 2 amide bonds. The number of allylic oxidation sites excluding steroid dienone is 1. The van der Waals surface area contributed by atoms with Gasteiger partial charge in [-0.3, -0.25) is 19.5 Å². The van der Waals surface area contributed by atoms with Gasteiger partial charge in [0.05, 0.1) is 12.8 Å². The second-order valence-corrected chi connectivity index (χ2v) is 9.97. The zero-order valence-electron chi connectivity index (χ0n) is 23.8. The van der Waals surface area contributed by atoms with Gasteiger partial charge in [-0.1, -0.05) is 32.6 Å².